The molecular formula is C13H21N3O3. The zero-order valence-electron chi connectivity index (χ0n) is 12.1. The van der Waals surface area contributed by atoms with E-state index in [1.165, 1.54) is 4.90 Å². The molecule has 1 rings (SSSR count). The molecule has 0 unspecified atom stereocenters. The number of carbonyl (C=O) groups excluding carboxylic acids is 1. The van der Waals surface area contributed by atoms with Crippen LogP contribution in [-0.2, 0) is 4.79 Å². The van der Waals surface area contributed by atoms with E-state index in [4.69, 9.17) is 15.2 Å². The van der Waals surface area contributed by atoms with Gasteiger partial charge in [-0.05, 0) is 0 Å². The Kier molecular flexibility index (Phi) is 4.86. The maximum Gasteiger partial charge on any atom is 0.241 e. The number of hydrogen-bond acceptors (Lipinski definition) is 5. The van der Waals surface area contributed by atoms with E-state index < -0.39 is 0 Å². The van der Waals surface area contributed by atoms with E-state index in [0.29, 0.717) is 17.2 Å². The molecule has 1 aromatic rings. The lowest BCUT2D eigenvalue weighted by Crippen LogP contribution is -2.34. The summed E-state index contributed by atoms with van der Waals surface area (Å²) in [5, 5.41) is 0. The molecule has 1 amide bonds. The largest absolute Gasteiger partial charge is 0.493 e. The molecule has 0 atom stereocenters. The first kappa shape index (κ1) is 14.9. The van der Waals surface area contributed by atoms with Gasteiger partial charge in [-0.3, -0.25) is 4.79 Å². The molecule has 0 saturated heterocycles. The molecule has 0 bridgehead atoms. The van der Waals surface area contributed by atoms with Gasteiger partial charge in [-0.15, -0.1) is 0 Å². The number of amides is 1. The zero-order valence-corrected chi connectivity index (χ0v) is 12.1. The van der Waals surface area contributed by atoms with Gasteiger partial charge in [-0.25, -0.2) is 0 Å². The van der Waals surface area contributed by atoms with E-state index in [2.05, 4.69) is 0 Å². The SMILES string of the molecule is COc1cc(N)c(N(C)CC(=O)N(C)C)cc1OC. The average molecular weight is 267 g/mol. The van der Waals surface area contributed by atoms with Gasteiger partial charge < -0.3 is 25.0 Å². The maximum absolute atomic E-state index is 11.7. The van der Waals surface area contributed by atoms with Crippen molar-refractivity contribution in [1.29, 1.82) is 0 Å². The Labute approximate surface area is 113 Å². The molecule has 106 valence electrons. The van der Waals surface area contributed by atoms with Crippen LogP contribution in [0.2, 0.25) is 0 Å². The van der Waals surface area contributed by atoms with Gasteiger partial charge in [0.05, 0.1) is 32.1 Å². The second-order valence-electron chi connectivity index (χ2n) is 4.41. The van der Waals surface area contributed by atoms with E-state index in [9.17, 15) is 4.79 Å². The molecule has 0 heterocycles. The van der Waals surface area contributed by atoms with Crippen LogP contribution in [0.25, 0.3) is 0 Å². The summed E-state index contributed by atoms with van der Waals surface area (Å²) in [6.07, 6.45) is 0. The predicted molar refractivity (Wildman–Crippen MR) is 75.9 cm³/mol. The Morgan fingerprint density at radius 2 is 1.68 bits per heavy atom. The monoisotopic (exact) mass is 267 g/mol. The standard InChI is InChI=1S/C13H21N3O3/c1-15(2)13(17)8-16(3)10-7-12(19-5)11(18-4)6-9(10)14/h6-7H,8,14H2,1-5H3. The quantitative estimate of drug-likeness (QED) is 0.800. The molecule has 6 heteroatoms. The van der Waals surface area contributed by atoms with Gasteiger partial charge in [0.25, 0.3) is 0 Å². The third-order valence-corrected chi connectivity index (χ3v) is 2.82. The van der Waals surface area contributed by atoms with Crippen molar-refractivity contribution in [1.82, 2.24) is 4.90 Å². The van der Waals surface area contributed by atoms with Crippen molar-refractivity contribution < 1.29 is 14.3 Å². The number of hydrogen-bond donors (Lipinski definition) is 1. The van der Waals surface area contributed by atoms with Crippen LogP contribution in [-0.4, -0.2) is 52.7 Å². The van der Waals surface area contributed by atoms with Crippen molar-refractivity contribution >= 4 is 17.3 Å². The number of benzene rings is 1. The van der Waals surface area contributed by atoms with Crippen LogP contribution in [0.15, 0.2) is 12.1 Å². The fraction of sp³-hybridized carbons (Fsp3) is 0.462. The smallest absolute Gasteiger partial charge is 0.241 e. The van der Waals surface area contributed by atoms with Crippen molar-refractivity contribution in [2.75, 3.05) is 52.5 Å². The maximum atomic E-state index is 11.7. The van der Waals surface area contributed by atoms with Gasteiger partial charge in [-0.2, -0.15) is 0 Å². The molecule has 19 heavy (non-hydrogen) atoms. The number of likely N-dealkylation sites (N-methyl/N-ethyl adjacent to an activating group) is 2. The summed E-state index contributed by atoms with van der Waals surface area (Å²) in [6.45, 7) is 0.243. The number of carbonyl (C=O) groups is 1. The van der Waals surface area contributed by atoms with Gasteiger partial charge in [0.1, 0.15) is 0 Å². The average Bonchev–Trinajstić information content (AvgIpc) is 2.37. The van der Waals surface area contributed by atoms with Crippen LogP contribution in [0.4, 0.5) is 11.4 Å². The number of nitrogens with zero attached hydrogens (tertiary/aromatic N) is 2. The first-order valence-corrected chi connectivity index (χ1v) is 5.83. The van der Waals surface area contributed by atoms with Crippen LogP contribution in [0, 0.1) is 0 Å². The first-order valence-electron chi connectivity index (χ1n) is 5.83. The highest BCUT2D eigenvalue weighted by Crippen LogP contribution is 2.36. The minimum atomic E-state index is -0.00307. The van der Waals surface area contributed by atoms with Crippen molar-refractivity contribution in [3.05, 3.63) is 12.1 Å². The van der Waals surface area contributed by atoms with Gasteiger partial charge in [0.2, 0.25) is 5.91 Å². The normalized spacial score (nSPS) is 9.95. The molecule has 6 nitrogen and oxygen atoms in total. The molecule has 0 aliphatic heterocycles. The second kappa shape index (κ2) is 6.17. The molecule has 0 aromatic heterocycles. The van der Waals surface area contributed by atoms with E-state index in [1.54, 1.807) is 52.4 Å². The number of nitrogens with two attached hydrogens (primary N) is 1. The highest BCUT2D eigenvalue weighted by atomic mass is 16.5. The van der Waals surface area contributed by atoms with Crippen molar-refractivity contribution in [2.45, 2.75) is 0 Å². The lowest BCUT2D eigenvalue weighted by molar-refractivity contribution is -0.127. The van der Waals surface area contributed by atoms with Crippen LogP contribution in [0.3, 0.4) is 0 Å². The van der Waals surface area contributed by atoms with E-state index in [1.807, 2.05) is 0 Å². The molecule has 0 saturated carbocycles. The molecule has 0 aliphatic carbocycles. The van der Waals surface area contributed by atoms with E-state index in [-0.39, 0.29) is 12.5 Å². The van der Waals surface area contributed by atoms with Crippen LogP contribution < -0.4 is 20.1 Å². The fourth-order valence-electron chi connectivity index (χ4n) is 1.64. The lowest BCUT2D eigenvalue weighted by Gasteiger charge is -2.23. The number of rotatable bonds is 5. The Morgan fingerprint density at radius 3 is 2.16 bits per heavy atom. The molecule has 0 spiro atoms. The van der Waals surface area contributed by atoms with Gasteiger partial charge in [-0.1, -0.05) is 0 Å². The van der Waals surface area contributed by atoms with Crippen LogP contribution in [0.1, 0.15) is 0 Å². The molecule has 0 radical (unpaired) electrons. The predicted octanol–water partition coefficient (Wildman–Crippen LogP) is 0.810. The van der Waals surface area contributed by atoms with Crippen LogP contribution >= 0.6 is 0 Å². The van der Waals surface area contributed by atoms with Crippen molar-refractivity contribution in [3.8, 4) is 11.5 Å². The summed E-state index contributed by atoms with van der Waals surface area (Å²) in [4.78, 5) is 15.0. The van der Waals surface area contributed by atoms with E-state index in [0.717, 1.165) is 5.69 Å². The number of methoxy groups -OCH3 is 2. The lowest BCUT2D eigenvalue weighted by atomic mass is 10.2. The molecular weight excluding hydrogens is 246 g/mol. The number of ether oxygens (including phenoxy) is 2. The summed E-state index contributed by atoms with van der Waals surface area (Å²) in [5.41, 5.74) is 7.23. The Bertz CT molecular complexity index is 461. The molecule has 0 aliphatic rings. The van der Waals surface area contributed by atoms with Gasteiger partial charge in [0, 0.05) is 33.3 Å². The minimum absolute atomic E-state index is 0.00307. The molecule has 0 fully saturated rings. The molecule has 1 aromatic carbocycles. The van der Waals surface area contributed by atoms with Crippen molar-refractivity contribution in [3.63, 3.8) is 0 Å². The van der Waals surface area contributed by atoms with Gasteiger partial charge >= 0.3 is 0 Å². The summed E-state index contributed by atoms with van der Waals surface area (Å²) >= 11 is 0. The minimum Gasteiger partial charge on any atom is -0.493 e. The first-order chi connectivity index (χ1) is 8.90. The van der Waals surface area contributed by atoms with Crippen LogP contribution in [0.5, 0.6) is 11.5 Å². The number of nitrogen functional groups attached to an aromatic ring is 1. The Morgan fingerprint density at radius 1 is 1.16 bits per heavy atom. The van der Waals surface area contributed by atoms with E-state index >= 15 is 0 Å². The Balaban J connectivity index is 3.03. The highest BCUT2D eigenvalue weighted by molar-refractivity contribution is 5.83. The fourth-order valence-corrected chi connectivity index (χ4v) is 1.64. The third-order valence-electron chi connectivity index (χ3n) is 2.82. The summed E-state index contributed by atoms with van der Waals surface area (Å²) in [7, 11) is 8.35. The van der Waals surface area contributed by atoms with Crippen molar-refractivity contribution in [2.24, 2.45) is 0 Å². The number of anilines is 2. The summed E-state index contributed by atoms with van der Waals surface area (Å²) in [6, 6.07) is 3.45. The summed E-state index contributed by atoms with van der Waals surface area (Å²) in [5.74, 6) is 1.14. The summed E-state index contributed by atoms with van der Waals surface area (Å²) < 4.78 is 10.4. The third kappa shape index (κ3) is 3.43. The highest BCUT2D eigenvalue weighted by Gasteiger charge is 2.15. The second-order valence-corrected chi connectivity index (χ2v) is 4.41. The van der Waals surface area contributed by atoms with Gasteiger partial charge in [0.15, 0.2) is 11.5 Å². The molecule has 2 N–H and O–H groups in total. The topological polar surface area (TPSA) is 68.0 Å². The zero-order chi connectivity index (χ0) is 14.6. The Hall–Kier alpha value is -2.11.